The van der Waals surface area contributed by atoms with Crippen LogP contribution >= 0.6 is 11.6 Å². The lowest BCUT2D eigenvalue weighted by atomic mass is 10.1. The maximum atomic E-state index is 12.4. The van der Waals surface area contributed by atoms with E-state index in [4.69, 9.17) is 30.9 Å². The number of nitrogens with one attached hydrogen (secondary N) is 1. The van der Waals surface area contributed by atoms with Crippen LogP contribution < -0.4 is 19.5 Å². The van der Waals surface area contributed by atoms with Gasteiger partial charge < -0.3 is 24.6 Å². The summed E-state index contributed by atoms with van der Waals surface area (Å²) in [6.45, 7) is -0.365. The molecule has 0 saturated heterocycles. The van der Waals surface area contributed by atoms with E-state index in [1.54, 1.807) is 31.4 Å². The molecule has 9 heteroatoms. The molecule has 0 atom stereocenters. The summed E-state index contributed by atoms with van der Waals surface area (Å²) in [5, 5.41) is 20.9. The van der Waals surface area contributed by atoms with Gasteiger partial charge in [0, 0.05) is 6.54 Å². The highest BCUT2D eigenvalue weighted by Gasteiger charge is 2.15. The second-order valence-corrected chi connectivity index (χ2v) is 6.32. The van der Waals surface area contributed by atoms with Gasteiger partial charge in [0.15, 0.2) is 18.1 Å². The number of ether oxygens (including phenoxy) is 3. The summed E-state index contributed by atoms with van der Waals surface area (Å²) in [4.78, 5) is 23.1. The van der Waals surface area contributed by atoms with Crippen molar-refractivity contribution >= 4 is 29.6 Å². The topological polar surface area (TPSA) is 118 Å². The molecule has 156 valence electrons. The van der Waals surface area contributed by atoms with Gasteiger partial charge in [0.05, 0.1) is 19.2 Å². The molecular formula is C21H19ClN2O6. The maximum Gasteiger partial charge on any atom is 0.341 e. The molecule has 0 fully saturated rings. The number of hydrogen-bond acceptors (Lipinski definition) is 6. The molecule has 2 N–H and O–H groups in total. The number of carbonyl (C=O) groups excluding carboxylic acids is 1. The fraction of sp³-hybridized carbons (Fsp3) is 0.190. The smallest absolute Gasteiger partial charge is 0.341 e. The van der Waals surface area contributed by atoms with Crippen molar-refractivity contribution in [3.8, 4) is 23.3 Å². The normalized spacial score (nSPS) is 10.7. The molecule has 2 rings (SSSR count). The SMILES string of the molecule is COc1ccc(CNC(=O)/C(C#N)=C\c2cc(Cl)c(OCC(=O)O)c(OC)c2)cc1. The van der Waals surface area contributed by atoms with Gasteiger partial charge in [-0.15, -0.1) is 0 Å². The second kappa shape index (κ2) is 10.7. The number of aliphatic carboxylic acids is 1. The lowest BCUT2D eigenvalue weighted by molar-refractivity contribution is -0.139. The zero-order chi connectivity index (χ0) is 22.1. The van der Waals surface area contributed by atoms with Gasteiger partial charge in [0.2, 0.25) is 0 Å². The first kappa shape index (κ1) is 22.6. The number of nitriles is 1. The summed E-state index contributed by atoms with van der Waals surface area (Å²) < 4.78 is 15.4. The van der Waals surface area contributed by atoms with Crippen molar-refractivity contribution in [1.29, 1.82) is 5.26 Å². The highest BCUT2D eigenvalue weighted by molar-refractivity contribution is 6.32. The van der Waals surface area contributed by atoms with E-state index in [1.165, 1.54) is 25.3 Å². The highest BCUT2D eigenvalue weighted by atomic mass is 35.5. The number of halogens is 1. The predicted octanol–water partition coefficient (Wildman–Crippen LogP) is 3.04. The van der Waals surface area contributed by atoms with Crippen LogP contribution in [0.1, 0.15) is 11.1 Å². The van der Waals surface area contributed by atoms with Gasteiger partial charge in [-0.2, -0.15) is 5.26 Å². The molecule has 0 aliphatic carbocycles. The summed E-state index contributed by atoms with van der Waals surface area (Å²) >= 11 is 6.15. The Labute approximate surface area is 178 Å². The quantitative estimate of drug-likeness (QED) is 0.463. The molecule has 0 unspecified atom stereocenters. The van der Waals surface area contributed by atoms with Crippen LogP contribution in [0.4, 0.5) is 0 Å². The van der Waals surface area contributed by atoms with Crippen molar-refractivity contribution in [3.63, 3.8) is 0 Å². The minimum absolute atomic E-state index is 0.0566. The Morgan fingerprint density at radius 3 is 2.47 bits per heavy atom. The van der Waals surface area contributed by atoms with Crippen LogP contribution in [0.5, 0.6) is 17.2 Å². The maximum absolute atomic E-state index is 12.4. The van der Waals surface area contributed by atoms with E-state index < -0.39 is 18.5 Å². The molecule has 2 aromatic rings. The summed E-state index contributed by atoms with van der Waals surface area (Å²) in [6.07, 6.45) is 1.35. The van der Waals surface area contributed by atoms with Crippen LogP contribution in [0.3, 0.4) is 0 Å². The monoisotopic (exact) mass is 430 g/mol. The number of hydrogen-bond donors (Lipinski definition) is 2. The third-order valence-electron chi connectivity index (χ3n) is 3.88. The van der Waals surface area contributed by atoms with Crippen LogP contribution in [0.2, 0.25) is 5.02 Å². The Morgan fingerprint density at radius 2 is 1.90 bits per heavy atom. The third kappa shape index (κ3) is 6.15. The van der Waals surface area contributed by atoms with Crippen molar-refractivity contribution in [2.24, 2.45) is 0 Å². The number of carbonyl (C=O) groups is 2. The van der Waals surface area contributed by atoms with E-state index in [9.17, 15) is 14.9 Å². The van der Waals surface area contributed by atoms with Gasteiger partial charge in [-0.05, 0) is 41.5 Å². The molecule has 8 nitrogen and oxygen atoms in total. The first-order chi connectivity index (χ1) is 14.4. The summed E-state index contributed by atoms with van der Waals surface area (Å²) in [7, 11) is 2.92. The molecule has 0 aromatic heterocycles. The minimum Gasteiger partial charge on any atom is -0.497 e. The van der Waals surface area contributed by atoms with E-state index in [-0.39, 0.29) is 28.6 Å². The molecule has 0 aliphatic rings. The predicted molar refractivity (Wildman–Crippen MR) is 110 cm³/mol. The van der Waals surface area contributed by atoms with E-state index >= 15 is 0 Å². The van der Waals surface area contributed by atoms with Gasteiger partial charge in [-0.25, -0.2) is 4.79 Å². The Morgan fingerprint density at radius 1 is 1.20 bits per heavy atom. The zero-order valence-electron chi connectivity index (χ0n) is 16.3. The van der Waals surface area contributed by atoms with E-state index in [2.05, 4.69) is 5.32 Å². The third-order valence-corrected chi connectivity index (χ3v) is 4.16. The Hall–Kier alpha value is -3.70. The zero-order valence-corrected chi connectivity index (χ0v) is 17.0. The van der Waals surface area contributed by atoms with Crippen molar-refractivity contribution in [2.45, 2.75) is 6.54 Å². The number of benzene rings is 2. The van der Waals surface area contributed by atoms with Crippen molar-refractivity contribution in [2.75, 3.05) is 20.8 Å². The number of amides is 1. The second-order valence-electron chi connectivity index (χ2n) is 5.92. The molecule has 0 radical (unpaired) electrons. The van der Waals surface area contributed by atoms with Crippen LogP contribution in [-0.4, -0.2) is 37.8 Å². The number of carboxylic acids is 1. The fourth-order valence-electron chi connectivity index (χ4n) is 2.43. The average molecular weight is 431 g/mol. The van der Waals surface area contributed by atoms with Crippen molar-refractivity contribution < 1.29 is 28.9 Å². The summed E-state index contributed by atoms with van der Waals surface area (Å²) in [5.41, 5.74) is 1.11. The molecule has 30 heavy (non-hydrogen) atoms. The largest absolute Gasteiger partial charge is 0.497 e. The number of methoxy groups -OCH3 is 2. The van der Waals surface area contributed by atoms with Crippen LogP contribution in [0.25, 0.3) is 6.08 Å². The minimum atomic E-state index is -1.17. The summed E-state index contributed by atoms with van der Waals surface area (Å²) in [6, 6.07) is 11.9. The van der Waals surface area contributed by atoms with Crippen LogP contribution in [0.15, 0.2) is 42.0 Å². The first-order valence-electron chi connectivity index (χ1n) is 8.63. The standard InChI is InChI=1S/C21H19ClN2O6/c1-28-16-5-3-13(4-6-16)11-24-21(27)15(10-23)7-14-8-17(22)20(18(9-14)29-2)30-12-19(25)26/h3-9H,11-12H2,1-2H3,(H,24,27)(H,25,26)/b15-7-. The highest BCUT2D eigenvalue weighted by Crippen LogP contribution is 2.37. The van der Waals surface area contributed by atoms with E-state index in [0.29, 0.717) is 11.3 Å². The van der Waals surface area contributed by atoms with Crippen LogP contribution in [-0.2, 0) is 16.1 Å². The molecule has 2 aromatic carbocycles. The lowest BCUT2D eigenvalue weighted by Gasteiger charge is -2.12. The van der Waals surface area contributed by atoms with Crippen molar-refractivity contribution in [3.05, 3.63) is 58.1 Å². The molecule has 1 amide bonds. The molecule has 0 spiro atoms. The molecule has 0 aliphatic heterocycles. The van der Waals surface area contributed by atoms with Crippen molar-refractivity contribution in [1.82, 2.24) is 5.32 Å². The molecular weight excluding hydrogens is 412 g/mol. The molecule has 0 heterocycles. The van der Waals surface area contributed by atoms with Crippen LogP contribution in [0, 0.1) is 11.3 Å². The van der Waals surface area contributed by atoms with E-state index in [0.717, 1.165) is 5.56 Å². The van der Waals surface area contributed by atoms with Gasteiger partial charge in [0.25, 0.3) is 5.91 Å². The van der Waals surface area contributed by atoms with Gasteiger partial charge in [0.1, 0.15) is 17.4 Å². The fourth-order valence-corrected chi connectivity index (χ4v) is 2.71. The molecule has 0 bridgehead atoms. The summed E-state index contributed by atoms with van der Waals surface area (Å²) in [5.74, 6) is -0.802. The average Bonchev–Trinajstić information content (AvgIpc) is 2.74. The van der Waals surface area contributed by atoms with Gasteiger partial charge in [-0.1, -0.05) is 23.7 Å². The Bertz CT molecular complexity index is 996. The molecule has 0 saturated carbocycles. The van der Waals surface area contributed by atoms with Gasteiger partial charge >= 0.3 is 5.97 Å². The lowest BCUT2D eigenvalue weighted by Crippen LogP contribution is -2.23. The Balaban J connectivity index is 2.17. The van der Waals surface area contributed by atoms with E-state index in [1.807, 2.05) is 6.07 Å². The first-order valence-corrected chi connectivity index (χ1v) is 9.00. The number of carboxylic acid groups (broad SMARTS) is 1. The Kier molecular flexibility index (Phi) is 8.08. The number of rotatable bonds is 9. The number of nitrogens with zero attached hydrogens (tertiary/aromatic N) is 1. The van der Waals surface area contributed by atoms with Gasteiger partial charge in [-0.3, -0.25) is 4.79 Å².